The van der Waals surface area contributed by atoms with Crippen LogP contribution < -0.4 is 10.5 Å². The Labute approximate surface area is 111 Å². The predicted molar refractivity (Wildman–Crippen MR) is 63.4 cm³/mol. The highest BCUT2D eigenvalue weighted by Gasteiger charge is 2.42. The summed E-state index contributed by atoms with van der Waals surface area (Å²) in [6.45, 7) is -0.781. The Kier molecular flexibility index (Phi) is 4.70. The van der Waals surface area contributed by atoms with Crippen molar-refractivity contribution in [2.45, 2.75) is 6.18 Å². The van der Waals surface area contributed by atoms with Gasteiger partial charge in [0.25, 0.3) is 0 Å². The summed E-state index contributed by atoms with van der Waals surface area (Å²) >= 11 is 11.3. The fraction of sp³-hybridized carbons (Fsp3) is 0.300. The van der Waals surface area contributed by atoms with Gasteiger partial charge in [-0.1, -0.05) is 23.2 Å². The molecule has 1 rings (SSSR count). The van der Waals surface area contributed by atoms with Crippen molar-refractivity contribution in [3.8, 4) is 5.75 Å². The zero-order valence-electron chi connectivity index (χ0n) is 8.89. The minimum Gasteiger partial charge on any atom is -0.492 e. The van der Waals surface area contributed by atoms with Crippen LogP contribution in [0.25, 0.3) is 0 Å². The summed E-state index contributed by atoms with van der Waals surface area (Å²) in [6.07, 6.45) is -4.62. The minimum absolute atomic E-state index is 0.125. The van der Waals surface area contributed by atoms with E-state index in [0.29, 0.717) is 0 Å². The molecule has 0 amide bonds. The van der Waals surface area contributed by atoms with Crippen molar-refractivity contribution in [2.75, 3.05) is 6.61 Å². The van der Waals surface area contributed by atoms with E-state index in [9.17, 15) is 13.2 Å². The zero-order valence-corrected chi connectivity index (χ0v) is 10.4. The Bertz CT molecular complexity index is 451. The van der Waals surface area contributed by atoms with Crippen LogP contribution in [0.4, 0.5) is 13.2 Å². The van der Waals surface area contributed by atoms with Crippen molar-refractivity contribution in [1.29, 1.82) is 5.41 Å². The number of hydrogen-bond donors (Lipinski definition) is 2. The van der Waals surface area contributed by atoms with E-state index in [1.165, 1.54) is 18.2 Å². The van der Waals surface area contributed by atoms with Gasteiger partial charge in [0.1, 0.15) is 24.1 Å². The number of rotatable bonds is 4. The van der Waals surface area contributed by atoms with Gasteiger partial charge in [-0.15, -0.1) is 0 Å². The van der Waals surface area contributed by atoms with Gasteiger partial charge in [0.2, 0.25) is 0 Å². The number of ether oxygens (including phenoxy) is 1. The topological polar surface area (TPSA) is 59.1 Å². The summed E-state index contributed by atoms with van der Waals surface area (Å²) in [5.74, 6) is -3.02. The van der Waals surface area contributed by atoms with Gasteiger partial charge in [0, 0.05) is 6.07 Å². The molecule has 0 aromatic heterocycles. The second-order valence-corrected chi connectivity index (χ2v) is 4.25. The van der Waals surface area contributed by atoms with Crippen LogP contribution in [-0.4, -0.2) is 18.6 Å². The largest absolute Gasteiger partial charge is 0.492 e. The molecule has 0 aliphatic carbocycles. The number of alkyl halides is 3. The zero-order chi connectivity index (χ0) is 13.9. The SMILES string of the molecule is N=C(N)C(COc1ccc(Cl)c(Cl)c1)C(F)(F)F. The third-order valence-corrected chi connectivity index (χ3v) is 2.82. The van der Waals surface area contributed by atoms with Gasteiger partial charge in [-0.3, -0.25) is 5.41 Å². The quantitative estimate of drug-likeness (QED) is 0.660. The molecule has 0 heterocycles. The molecule has 1 aromatic rings. The van der Waals surface area contributed by atoms with E-state index < -0.39 is 24.5 Å². The van der Waals surface area contributed by atoms with Crippen LogP contribution in [0, 0.1) is 11.3 Å². The van der Waals surface area contributed by atoms with Gasteiger partial charge in [-0.2, -0.15) is 13.2 Å². The Balaban J connectivity index is 2.73. The molecule has 0 saturated heterocycles. The molecule has 8 heteroatoms. The second-order valence-electron chi connectivity index (χ2n) is 3.44. The summed E-state index contributed by atoms with van der Waals surface area (Å²) in [4.78, 5) is 0. The summed E-state index contributed by atoms with van der Waals surface area (Å²) < 4.78 is 42.3. The minimum atomic E-state index is -4.62. The average Bonchev–Trinajstić information content (AvgIpc) is 2.21. The molecule has 0 aliphatic heterocycles. The van der Waals surface area contributed by atoms with Crippen LogP contribution in [0.1, 0.15) is 0 Å². The number of hydrogen-bond acceptors (Lipinski definition) is 2. The number of nitrogens with one attached hydrogen (secondary N) is 1. The summed E-state index contributed by atoms with van der Waals surface area (Å²) in [7, 11) is 0. The average molecular weight is 301 g/mol. The van der Waals surface area contributed by atoms with Gasteiger partial charge in [0.15, 0.2) is 0 Å². The standard InChI is InChI=1S/C10H9Cl2F3N2O/c11-7-2-1-5(3-8(7)12)18-4-6(9(16)17)10(13,14)15/h1-3,6H,4H2,(H3,16,17). The molecule has 0 spiro atoms. The molecule has 0 aliphatic rings. The highest BCUT2D eigenvalue weighted by atomic mass is 35.5. The maximum atomic E-state index is 12.5. The molecule has 1 aromatic carbocycles. The monoisotopic (exact) mass is 300 g/mol. The van der Waals surface area contributed by atoms with Crippen molar-refractivity contribution in [3.05, 3.63) is 28.2 Å². The number of nitrogens with two attached hydrogens (primary N) is 1. The molecular weight excluding hydrogens is 292 g/mol. The number of amidine groups is 1. The summed E-state index contributed by atoms with van der Waals surface area (Å²) in [6, 6.07) is 4.06. The van der Waals surface area contributed by atoms with Crippen molar-refractivity contribution in [2.24, 2.45) is 11.7 Å². The molecule has 0 saturated carbocycles. The Morgan fingerprint density at radius 2 is 1.94 bits per heavy atom. The predicted octanol–water partition coefficient (Wildman–Crippen LogP) is 3.49. The van der Waals surface area contributed by atoms with Crippen LogP contribution in [0.3, 0.4) is 0 Å². The Morgan fingerprint density at radius 1 is 1.33 bits per heavy atom. The first-order chi connectivity index (χ1) is 8.21. The van der Waals surface area contributed by atoms with Crippen LogP contribution in [0.5, 0.6) is 5.75 Å². The van der Waals surface area contributed by atoms with Gasteiger partial charge < -0.3 is 10.5 Å². The first kappa shape index (κ1) is 14.9. The molecule has 0 radical (unpaired) electrons. The van der Waals surface area contributed by atoms with Crippen LogP contribution >= 0.6 is 23.2 Å². The van der Waals surface area contributed by atoms with Crippen molar-refractivity contribution in [1.82, 2.24) is 0 Å². The lowest BCUT2D eigenvalue weighted by Crippen LogP contribution is -2.39. The fourth-order valence-electron chi connectivity index (χ4n) is 1.11. The molecule has 0 bridgehead atoms. The maximum absolute atomic E-state index is 12.5. The van der Waals surface area contributed by atoms with Gasteiger partial charge in [0.05, 0.1) is 10.0 Å². The first-order valence-corrected chi connectivity index (χ1v) is 5.46. The molecule has 100 valence electrons. The van der Waals surface area contributed by atoms with E-state index >= 15 is 0 Å². The normalized spacial score (nSPS) is 13.2. The fourth-order valence-corrected chi connectivity index (χ4v) is 1.39. The lowest BCUT2D eigenvalue weighted by Gasteiger charge is -2.19. The molecule has 18 heavy (non-hydrogen) atoms. The third-order valence-electron chi connectivity index (χ3n) is 2.08. The van der Waals surface area contributed by atoms with E-state index in [2.05, 4.69) is 0 Å². The van der Waals surface area contributed by atoms with Crippen LogP contribution in [0.2, 0.25) is 10.0 Å². The molecule has 3 nitrogen and oxygen atoms in total. The second kappa shape index (κ2) is 5.67. The summed E-state index contributed by atoms with van der Waals surface area (Å²) in [5, 5.41) is 7.31. The highest BCUT2D eigenvalue weighted by Crippen LogP contribution is 2.29. The molecule has 1 unspecified atom stereocenters. The smallest absolute Gasteiger partial charge is 0.401 e. The number of benzene rings is 1. The molecular formula is C10H9Cl2F3N2O. The van der Waals surface area contributed by atoms with Crippen LogP contribution in [0.15, 0.2) is 18.2 Å². The summed E-state index contributed by atoms with van der Waals surface area (Å²) in [5.41, 5.74) is 4.88. The van der Waals surface area contributed by atoms with Crippen LogP contribution in [-0.2, 0) is 0 Å². The Hall–Kier alpha value is -1.14. The molecule has 3 N–H and O–H groups in total. The molecule has 0 fully saturated rings. The van der Waals surface area contributed by atoms with Gasteiger partial charge in [-0.25, -0.2) is 0 Å². The third kappa shape index (κ3) is 3.96. The van der Waals surface area contributed by atoms with Crippen molar-refractivity contribution in [3.63, 3.8) is 0 Å². The van der Waals surface area contributed by atoms with E-state index in [-0.39, 0.29) is 15.8 Å². The van der Waals surface area contributed by atoms with Crippen molar-refractivity contribution >= 4 is 29.0 Å². The first-order valence-electron chi connectivity index (χ1n) is 4.70. The van der Waals surface area contributed by atoms with Gasteiger partial charge >= 0.3 is 6.18 Å². The van der Waals surface area contributed by atoms with E-state index in [0.717, 1.165) is 0 Å². The van der Waals surface area contributed by atoms with E-state index in [4.69, 9.17) is 39.1 Å². The van der Waals surface area contributed by atoms with E-state index in [1.807, 2.05) is 0 Å². The lowest BCUT2D eigenvalue weighted by molar-refractivity contribution is -0.162. The van der Waals surface area contributed by atoms with Crippen molar-refractivity contribution < 1.29 is 17.9 Å². The highest BCUT2D eigenvalue weighted by molar-refractivity contribution is 6.42. The van der Waals surface area contributed by atoms with Gasteiger partial charge in [-0.05, 0) is 12.1 Å². The lowest BCUT2D eigenvalue weighted by atomic mass is 10.1. The van der Waals surface area contributed by atoms with E-state index in [1.54, 1.807) is 0 Å². The Morgan fingerprint density at radius 3 is 2.39 bits per heavy atom. The maximum Gasteiger partial charge on any atom is 0.401 e. The molecule has 1 atom stereocenters. The number of halogens is 5.